The van der Waals surface area contributed by atoms with E-state index in [1.54, 1.807) is 6.20 Å². The minimum Gasteiger partial charge on any atom is -0.461 e. The molecule has 214 valence electrons. The zero-order valence-electron chi connectivity index (χ0n) is 23.5. The molecular weight excluding hydrogens is 532 g/mol. The number of pyridine rings is 1. The van der Waals surface area contributed by atoms with Crippen LogP contribution in [-0.2, 0) is 0 Å². The van der Waals surface area contributed by atoms with Gasteiger partial charge in [0.05, 0.1) is 10.9 Å². The first kappa shape index (κ1) is 25.8. The molecule has 0 amide bonds. The molecule has 2 aromatic heterocycles. The lowest BCUT2D eigenvalue weighted by atomic mass is 9.95. The van der Waals surface area contributed by atoms with Crippen LogP contribution in [-0.4, -0.2) is 64.3 Å². The van der Waals surface area contributed by atoms with Crippen LogP contribution in [0.25, 0.3) is 32.9 Å². The zero-order valence-corrected chi connectivity index (χ0v) is 23.5. The molecule has 0 N–H and O–H groups in total. The number of rotatable bonds is 5. The number of ether oxygens (including phenoxy) is 1. The Balaban J connectivity index is 1.25. The predicted molar refractivity (Wildman–Crippen MR) is 160 cm³/mol. The molecule has 42 heavy (non-hydrogen) atoms. The Morgan fingerprint density at radius 1 is 1.07 bits per heavy atom. The highest BCUT2D eigenvalue weighted by Gasteiger charge is 2.49. The molecule has 4 aromatic rings. The summed E-state index contributed by atoms with van der Waals surface area (Å²) in [4.78, 5) is 18.7. The number of nitrogens with zero attached hydrogens (tertiary/aromatic N) is 5. The van der Waals surface area contributed by atoms with Gasteiger partial charge in [0.1, 0.15) is 29.8 Å². The van der Waals surface area contributed by atoms with Crippen LogP contribution in [0.1, 0.15) is 44.1 Å². The van der Waals surface area contributed by atoms with Gasteiger partial charge < -0.3 is 9.64 Å². The van der Waals surface area contributed by atoms with E-state index in [0.29, 0.717) is 47.1 Å². The summed E-state index contributed by atoms with van der Waals surface area (Å²) in [7, 11) is 0. The molecule has 2 aromatic carbocycles. The van der Waals surface area contributed by atoms with Gasteiger partial charge in [0, 0.05) is 48.8 Å². The number of piperidine rings is 1. The van der Waals surface area contributed by atoms with Gasteiger partial charge in [0.15, 0.2) is 5.82 Å². The number of terminal acetylenes is 1. The van der Waals surface area contributed by atoms with E-state index in [1.807, 2.05) is 36.4 Å². The van der Waals surface area contributed by atoms with Crippen LogP contribution in [0.4, 0.5) is 14.6 Å². The summed E-state index contributed by atoms with van der Waals surface area (Å²) in [6, 6.07) is 11.6. The maximum atomic E-state index is 16.7. The van der Waals surface area contributed by atoms with Crippen molar-refractivity contribution < 1.29 is 13.5 Å². The molecule has 3 aliphatic heterocycles. The number of hydrogen-bond acceptors (Lipinski definition) is 6. The van der Waals surface area contributed by atoms with Gasteiger partial charge in [-0.1, -0.05) is 36.3 Å². The van der Waals surface area contributed by atoms with Crippen LogP contribution in [0.5, 0.6) is 6.01 Å². The summed E-state index contributed by atoms with van der Waals surface area (Å²) in [5, 5.41) is 2.28. The standard InChI is InChI=1S/C34H33F2N5O/c1-2-23-6-3-7-24-8-4-9-26(28(23)24)30-29(36)31-27(16-37-30)32(40-17-21-10-11-22(14-21)18-40)39-33(38-31)42-20-34-12-5-13-41(34)19-25(35)15-34/h1,3-4,6-9,16,21-22,25H,5,10-15,17-20H2/t21?,22?,25-,34?/m0/s1. The monoisotopic (exact) mass is 565 g/mol. The highest BCUT2D eigenvalue weighted by atomic mass is 19.1. The van der Waals surface area contributed by atoms with Crippen molar-refractivity contribution in [2.75, 3.05) is 37.7 Å². The number of alkyl halides is 1. The first-order valence-electron chi connectivity index (χ1n) is 15.1. The summed E-state index contributed by atoms with van der Waals surface area (Å²) in [5.74, 6) is 4.11. The Bertz CT molecular complexity index is 1740. The number of benzene rings is 2. The van der Waals surface area contributed by atoms with Gasteiger partial charge in [0.25, 0.3) is 0 Å². The van der Waals surface area contributed by atoms with E-state index < -0.39 is 12.0 Å². The number of hydrogen-bond donors (Lipinski definition) is 0. The van der Waals surface area contributed by atoms with E-state index in [-0.39, 0.29) is 29.4 Å². The van der Waals surface area contributed by atoms with Gasteiger partial charge >= 0.3 is 6.01 Å². The Morgan fingerprint density at radius 2 is 1.88 bits per heavy atom. The largest absolute Gasteiger partial charge is 0.461 e. The van der Waals surface area contributed by atoms with Crippen molar-refractivity contribution in [1.29, 1.82) is 0 Å². The van der Waals surface area contributed by atoms with Crippen LogP contribution >= 0.6 is 0 Å². The molecule has 2 bridgehead atoms. The number of halogens is 2. The molecule has 4 aliphatic rings. The van der Waals surface area contributed by atoms with Gasteiger partial charge in [-0.15, -0.1) is 6.42 Å². The molecule has 4 fully saturated rings. The Labute approximate surface area is 244 Å². The third kappa shape index (κ3) is 4.12. The third-order valence-electron chi connectivity index (χ3n) is 10.1. The lowest BCUT2D eigenvalue weighted by molar-refractivity contribution is 0.107. The first-order valence-corrected chi connectivity index (χ1v) is 15.1. The van der Waals surface area contributed by atoms with Crippen LogP contribution in [0.3, 0.4) is 0 Å². The minimum absolute atomic E-state index is 0.136. The fourth-order valence-electron chi connectivity index (χ4n) is 8.20. The van der Waals surface area contributed by atoms with Gasteiger partial charge in [-0.2, -0.15) is 9.97 Å². The van der Waals surface area contributed by atoms with Crippen LogP contribution < -0.4 is 9.64 Å². The zero-order chi connectivity index (χ0) is 28.4. The van der Waals surface area contributed by atoms with Gasteiger partial charge in [-0.3, -0.25) is 9.88 Å². The Morgan fingerprint density at radius 3 is 2.69 bits per heavy atom. The molecule has 1 saturated carbocycles. The normalized spacial score (nSPS) is 27.1. The van der Waals surface area contributed by atoms with Crippen LogP contribution in [0.2, 0.25) is 0 Å². The van der Waals surface area contributed by atoms with E-state index in [1.165, 1.54) is 19.3 Å². The van der Waals surface area contributed by atoms with E-state index >= 15 is 4.39 Å². The minimum atomic E-state index is -0.856. The molecule has 8 heteroatoms. The second kappa shape index (κ2) is 9.88. The maximum Gasteiger partial charge on any atom is 0.319 e. The SMILES string of the molecule is C#Cc1cccc2cccc(-c3ncc4c(N5CC6CCC(C6)C5)nc(OCC56CCCN5C[C@@H](F)C6)nc4c3F)c12. The lowest BCUT2D eigenvalue weighted by Gasteiger charge is -2.34. The predicted octanol–water partition coefficient (Wildman–Crippen LogP) is 6.16. The summed E-state index contributed by atoms with van der Waals surface area (Å²) < 4.78 is 37.4. The Kier molecular flexibility index (Phi) is 6.08. The highest BCUT2D eigenvalue weighted by molar-refractivity contribution is 6.02. The van der Waals surface area contributed by atoms with E-state index in [9.17, 15) is 4.39 Å². The molecule has 1 aliphatic carbocycles. The summed E-state index contributed by atoms with van der Waals surface area (Å²) in [6.07, 6.45) is 12.7. The molecule has 0 radical (unpaired) electrons. The van der Waals surface area contributed by atoms with Gasteiger partial charge in [0.2, 0.25) is 0 Å². The molecule has 6 nitrogen and oxygen atoms in total. The molecule has 8 rings (SSSR count). The van der Waals surface area contributed by atoms with Crippen molar-refractivity contribution in [1.82, 2.24) is 19.9 Å². The smallest absolute Gasteiger partial charge is 0.319 e. The molecule has 3 unspecified atom stereocenters. The van der Waals surface area contributed by atoms with Crippen LogP contribution in [0.15, 0.2) is 42.6 Å². The average molecular weight is 566 g/mol. The third-order valence-corrected chi connectivity index (χ3v) is 10.1. The van der Waals surface area contributed by atoms with Gasteiger partial charge in [-0.25, -0.2) is 8.78 Å². The first-order chi connectivity index (χ1) is 20.5. The molecule has 4 atom stereocenters. The summed E-state index contributed by atoms with van der Waals surface area (Å²) in [5.41, 5.74) is 1.34. The summed E-state index contributed by atoms with van der Waals surface area (Å²) >= 11 is 0. The van der Waals surface area contributed by atoms with E-state index in [4.69, 9.17) is 16.1 Å². The summed E-state index contributed by atoms with van der Waals surface area (Å²) in [6.45, 7) is 3.36. The fraction of sp³-hybridized carbons (Fsp3) is 0.441. The number of fused-ring (bicyclic) bond motifs is 5. The number of aromatic nitrogens is 3. The highest BCUT2D eigenvalue weighted by Crippen LogP contribution is 2.43. The second-order valence-electron chi connectivity index (χ2n) is 12.7. The average Bonchev–Trinajstić information content (AvgIpc) is 3.65. The Hall–Kier alpha value is -3.83. The molecular formula is C34H33F2N5O. The molecule has 0 spiro atoms. The number of anilines is 1. The molecule has 5 heterocycles. The van der Waals surface area contributed by atoms with Crippen molar-refractivity contribution in [2.24, 2.45) is 11.8 Å². The van der Waals surface area contributed by atoms with Crippen molar-refractivity contribution >= 4 is 27.5 Å². The van der Waals surface area contributed by atoms with Crippen molar-refractivity contribution in [3.05, 3.63) is 54.0 Å². The van der Waals surface area contributed by atoms with Crippen LogP contribution in [0, 0.1) is 30.0 Å². The second-order valence-corrected chi connectivity index (χ2v) is 12.7. The molecule has 3 saturated heterocycles. The van der Waals surface area contributed by atoms with E-state index in [2.05, 4.69) is 25.7 Å². The maximum absolute atomic E-state index is 16.7. The van der Waals surface area contributed by atoms with Crippen molar-refractivity contribution in [3.63, 3.8) is 0 Å². The van der Waals surface area contributed by atoms with E-state index in [0.717, 1.165) is 43.2 Å². The quantitative estimate of drug-likeness (QED) is 0.270. The van der Waals surface area contributed by atoms with Crippen molar-refractivity contribution in [2.45, 2.75) is 50.2 Å². The van der Waals surface area contributed by atoms with Gasteiger partial charge in [-0.05, 0) is 61.9 Å². The fourth-order valence-corrected chi connectivity index (χ4v) is 8.20. The lowest BCUT2D eigenvalue weighted by Crippen LogP contribution is -2.43. The topological polar surface area (TPSA) is 54.4 Å². The van der Waals surface area contributed by atoms with Crippen molar-refractivity contribution in [3.8, 4) is 29.6 Å².